The van der Waals surface area contributed by atoms with E-state index in [-0.39, 0.29) is 22.7 Å². The van der Waals surface area contributed by atoms with Crippen LogP contribution in [-0.4, -0.2) is 27.8 Å². The number of urea groups is 1. The average molecular weight is 418 g/mol. The maximum absolute atomic E-state index is 12.8. The maximum atomic E-state index is 12.8. The number of pyridine rings is 1. The van der Waals surface area contributed by atoms with Gasteiger partial charge in [0.05, 0.1) is 10.6 Å². The van der Waals surface area contributed by atoms with Crippen LogP contribution in [0.5, 0.6) is 0 Å². The molecule has 1 aliphatic heterocycles. The molecule has 10 heteroatoms. The Labute approximate surface area is 175 Å². The first kappa shape index (κ1) is 19.7. The molecule has 0 saturated carbocycles. The Hall–Kier alpha value is -4.60. The molecule has 0 unspecified atom stereocenters. The topological polar surface area (TPSA) is 136 Å². The first-order valence-electron chi connectivity index (χ1n) is 9.02. The Morgan fingerprint density at radius 1 is 1.10 bits per heavy atom. The summed E-state index contributed by atoms with van der Waals surface area (Å²) >= 11 is 0. The molecule has 1 fully saturated rings. The summed E-state index contributed by atoms with van der Waals surface area (Å²) in [5, 5.41) is 13.0. The number of carbonyl (C=O) groups excluding carboxylic acids is 3. The molecule has 3 aromatic rings. The normalized spacial score (nSPS) is 15.3. The molecule has 0 radical (unpaired) electrons. The summed E-state index contributed by atoms with van der Waals surface area (Å²) in [5.41, 5.74) is 1.20. The lowest BCUT2D eigenvalue weighted by molar-refractivity contribution is -0.384. The van der Waals surface area contributed by atoms with E-state index in [1.165, 1.54) is 42.7 Å². The molecule has 4 rings (SSSR count). The lowest BCUT2D eigenvalue weighted by Gasteiger charge is -2.25. The second-order valence-corrected chi connectivity index (χ2v) is 6.62. The van der Waals surface area contributed by atoms with Crippen LogP contribution < -0.4 is 10.2 Å². The molecule has 154 valence electrons. The molecule has 0 atom stereocenters. The Morgan fingerprint density at radius 3 is 2.52 bits per heavy atom. The van der Waals surface area contributed by atoms with Crippen molar-refractivity contribution in [2.45, 2.75) is 6.92 Å². The highest BCUT2D eigenvalue weighted by Gasteiger charge is 2.37. The number of hydrogen-bond donors (Lipinski definition) is 1. The van der Waals surface area contributed by atoms with Crippen molar-refractivity contribution in [2.24, 2.45) is 0 Å². The molecule has 3 heterocycles. The highest BCUT2D eigenvalue weighted by Crippen LogP contribution is 2.29. The van der Waals surface area contributed by atoms with Gasteiger partial charge in [-0.15, -0.1) is 0 Å². The molecule has 31 heavy (non-hydrogen) atoms. The first-order chi connectivity index (χ1) is 14.8. The van der Waals surface area contributed by atoms with E-state index in [1.807, 2.05) is 0 Å². The van der Waals surface area contributed by atoms with E-state index in [1.54, 1.807) is 25.1 Å². The molecule has 4 amide bonds. The number of anilines is 1. The summed E-state index contributed by atoms with van der Waals surface area (Å²) in [6.45, 7) is 1.71. The average Bonchev–Trinajstić information content (AvgIpc) is 3.20. The molecule has 0 bridgehead atoms. The predicted molar refractivity (Wildman–Crippen MR) is 109 cm³/mol. The maximum Gasteiger partial charge on any atom is 0.335 e. The number of benzene rings is 1. The quantitative estimate of drug-likeness (QED) is 0.297. The van der Waals surface area contributed by atoms with Crippen molar-refractivity contribution in [1.82, 2.24) is 10.3 Å². The van der Waals surface area contributed by atoms with Crippen molar-refractivity contribution in [3.63, 3.8) is 0 Å². The lowest BCUT2D eigenvalue weighted by Crippen LogP contribution is -2.54. The number of nitro groups is 1. The number of hydrogen-bond acceptors (Lipinski definition) is 7. The molecule has 2 aromatic heterocycles. The van der Waals surface area contributed by atoms with E-state index in [2.05, 4.69) is 10.3 Å². The standard InChI is InChI=1S/C21H14N4O6/c1-12-10-14(25(29)30)2-4-16(12)18-5-3-15(31-18)11-17-19(26)23-21(28)24(20(17)27)13-6-8-22-9-7-13/h2-11H,1H3,(H,23,26,28)/b17-11-. The van der Waals surface area contributed by atoms with Gasteiger partial charge in [0, 0.05) is 30.1 Å². The molecule has 10 nitrogen and oxygen atoms in total. The summed E-state index contributed by atoms with van der Waals surface area (Å²) in [6.07, 6.45) is 4.07. The van der Waals surface area contributed by atoms with Crippen molar-refractivity contribution in [3.05, 3.63) is 81.9 Å². The van der Waals surface area contributed by atoms with Gasteiger partial charge >= 0.3 is 6.03 Å². The second-order valence-electron chi connectivity index (χ2n) is 6.62. The zero-order chi connectivity index (χ0) is 22.1. The first-order valence-corrected chi connectivity index (χ1v) is 9.02. The number of non-ortho nitro benzene ring substituents is 1. The molecular formula is C21H14N4O6. The summed E-state index contributed by atoms with van der Waals surface area (Å²) in [7, 11) is 0. The van der Waals surface area contributed by atoms with Crippen molar-refractivity contribution in [1.29, 1.82) is 0 Å². The van der Waals surface area contributed by atoms with E-state index in [0.717, 1.165) is 4.90 Å². The van der Waals surface area contributed by atoms with Gasteiger partial charge in [-0.05, 0) is 48.9 Å². The third-order valence-corrected chi connectivity index (χ3v) is 4.62. The molecule has 1 aromatic carbocycles. The Bertz CT molecular complexity index is 1260. The zero-order valence-corrected chi connectivity index (χ0v) is 16.1. The fourth-order valence-corrected chi connectivity index (χ4v) is 3.14. The van der Waals surface area contributed by atoms with Crippen LogP contribution in [0, 0.1) is 17.0 Å². The molecule has 1 N–H and O–H groups in total. The minimum Gasteiger partial charge on any atom is -0.457 e. The van der Waals surface area contributed by atoms with Crippen LogP contribution >= 0.6 is 0 Å². The van der Waals surface area contributed by atoms with Crippen LogP contribution in [0.3, 0.4) is 0 Å². The van der Waals surface area contributed by atoms with Gasteiger partial charge in [0.2, 0.25) is 0 Å². The van der Waals surface area contributed by atoms with Crippen LogP contribution in [0.25, 0.3) is 17.4 Å². The van der Waals surface area contributed by atoms with Gasteiger partial charge in [-0.1, -0.05) is 0 Å². The second kappa shape index (κ2) is 7.67. The van der Waals surface area contributed by atoms with Crippen LogP contribution in [0.2, 0.25) is 0 Å². The van der Waals surface area contributed by atoms with Crippen molar-refractivity contribution >= 4 is 35.3 Å². The molecule has 0 aliphatic carbocycles. The SMILES string of the molecule is Cc1cc([N+](=O)[O-])ccc1-c1ccc(/C=C2/C(=O)NC(=O)N(c3ccncc3)C2=O)o1. The predicted octanol–water partition coefficient (Wildman–Crippen LogP) is 3.22. The Morgan fingerprint density at radius 2 is 1.84 bits per heavy atom. The number of rotatable bonds is 4. The van der Waals surface area contributed by atoms with E-state index in [0.29, 0.717) is 16.9 Å². The number of nitrogens with zero attached hydrogens (tertiary/aromatic N) is 3. The fraction of sp³-hybridized carbons (Fsp3) is 0.0476. The van der Waals surface area contributed by atoms with Gasteiger partial charge in [0.1, 0.15) is 17.1 Å². The molecular weight excluding hydrogens is 404 g/mol. The number of aromatic nitrogens is 1. The van der Waals surface area contributed by atoms with E-state index in [4.69, 9.17) is 4.42 Å². The summed E-state index contributed by atoms with van der Waals surface area (Å²) in [5.74, 6) is -1.03. The van der Waals surface area contributed by atoms with Crippen LogP contribution in [-0.2, 0) is 9.59 Å². The van der Waals surface area contributed by atoms with Gasteiger partial charge in [-0.2, -0.15) is 0 Å². The van der Waals surface area contributed by atoms with E-state index >= 15 is 0 Å². The number of amides is 4. The van der Waals surface area contributed by atoms with Crippen LogP contribution in [0.4, 0.5) is 16.2 Å². The number of carbonyl (C=O) groups is 3. The highest BCUT2D eigenvalue weighted by molar-refractivity contribution is 6.39. The number of nitro benzene ring substituents is 1. The summed E-state index contributed by atoms with van der Waals surface area (Å²) in [6, 6.07) is 9.59. The third-order valence-electron chi connectivity index (χ3n) is 4.62. The highest BCUT2D eigenvalue weighted by atomic mass is 16.6. The molecule has 0 spiro atoms. The fourth-order valence-electron chi connectivity index (χ4n) is 3.14. The van der Waals surface area contributed by atoms with Gasteiger partial charge in [0.15, 0.2) is 0 Å². The smallest absolute Gasteiger partial charge is 0.335 e. The van der Waals surface area contributed by atoms with Crippen LogP contribution in [0.15, 0.2) is 64.8 Å². The summed E-state index contributed by atoms with van der Waals surface area (Å²) < 4.78 is 5.73. The Kier molecular flexibility index (Phi) is 4.88. The summed E-state index contributed by atoms with van der Waals surface area (Å²) in [4.78, 5) is 52.4. The van der Waals surface area contributed by atoms with Crippen molar-refractivity contribution in [3.8, 4) is 11.3 Å². The third kappa shape index (κ3) is 3.69. The number of nitrogens with one attached hydrogen (secondary N) is 1. The largest absolute Gasteiger partial charge is 0.457 e. The van der Waals surface area contributed by atoms with Crippen molar-refractivity contribution in [2.75, 3.05) is 4.90 Å². The number of aryl methyl sites for hydroxylation is 1. The molecule has 1 saturated heterocycles. The molecule has 1 aliphatic rings. The van der Waals surface area contributed by atoms with E-state index < -0.39 is 22.8 Å². The minimum absolute atomic E-state index is 0.0412. The Balaban J connectivity index is 1.67. The van der Waals surface area contributed by atoms with Gasteiger partial charge in [-0.25, -0.2) is 9.69 Å². The lowest BCUT2D eigenvalue weighted by atomic mass is 10.1. The van der Waals surface area contributed by atoms with Gasteiger partial charge in [0.25, 0.3) is 17.5 Å². The number of barbiturate groups is 1. The monoisotopic (exact) mass is 418 g/mol. The van der Waals surface area contributed by atoms with E-state index in [9.17, 15) is 24.5 Å². The van der Waals surface area contributed by atoms with Gasteiger partial charge in [-0.3, -0.25) is 30.0 Å². The minimum atomic E-state index is -0.861. The van der Waals surface area contributed by atoms with Crippen LogP contribution in [0.1, 0.15) is 11.3 Å². The van der Waals surface area contributed by atoms with Crippen molar-refractivity contribution < 1.29 is 23.7 Å². The number of furan rings is 1. The van der Waals surface area contributed by atoms with Gasteiger partial charge < -0.3 is 4.42 Å². The number of imide groups is 2. The zero-order valence-electron chi connectivity index (χ0n) is 16.1.